The molecule has 0 spiro atoms. The van der Waals surface area contributed by atoms with Crippen LogP contribution in [0.25, 0.3) is 0 Å². The highest BCUT2D eigenvalue weighted by atomic mass is 16.5. The van der Waals surface area contributed by atoms with Crippen LogP contribution < -0.4 is 0 Å². The van der Waals surface area contributed by atoms with Crippen molar-refractivity contribution in [3.05, 3.63) is 29.8 Å². The number of esters is 1. The lowest BCUT2D eigenvalue weighted by molar-refractivity contribution is 0.0477. The first-order valence-corrected chi connectivity index (χ1v) is 8.71. The van der Waals surface area contributed by atoms with E-state index in [0.29, 0.717) is 18.3 Å². The third-order valence-corrected chi connectivity index (χ3v) is 3.74. The molecule has 0 heterocycles. The lowest BCUT2D eigenvalue weighted by atomic mass is 10.1. The summed E-state index contributed by atoms with van der Waals surface area (Å²) < 4.78 is 11.0. The summed E-state index contributed by atoms with van der Waals surface area (Å²) in [6, 6.07) is 6.10. The normalized spacial score (nSPS) is 12.1. The molecule has 4 nitrogen and oxygen atoms in total. The largest absolute Gasteiger partial charge is 0.508 e. The van der Waals surface area contributed by atoms with Gasteiger partial charge in [-0.3, -0.25) is 0 Å². The van der Waals surface area contributed by atoms with Crippen LogP contribution in [0.3, 0.4) is 0 Å². The van der Waals surface area contributed by atoms with Gasteiger partial charge in [-0.15, -0.1) is 0 Å². The Morgan fingerprint density at radius 3 is 2.43 bits per heavy atom. The molecule has 0 saturated carbocycles. The number of hydrogen-bond donors (Lipinski definition) is 1. The van der Waals surface area contributed by atoms with Gasteiger partial charge in [0.15, 0.2) is 0 Å². The lowest BCUT2D eigenvalue weighted by Crippen LogP contribution is -2.09. The second-order valence-electron chi connectivity index (χ2n) is 5.92. The molecule has 0 bridgehead atoms. The molecule has 0 aliphatic rings. The molecule has 0 amide bonds. The van der Waals surface area contributed by atoms with Gasteiger partial charge in [0.2, 0.25) is 0 Å². The van der Waals surface area contributed by atoms with Crippen molar-refractivity contribution < 1.29 is 19.4 Å². The van der Waals surface area contributed by atoms with Crippen molar-refractivity contribution in [2.75, 3.05) is 13.2 Å². The van der Waals surface area contributed by atoms with E-state index in [0.717, 1.165) is 38.7 Å². The third-order valence-electron chi connectivity index (χ3n) is 3.74. The minimum Gasteiger partial charge on any atom is -0.508 e. The molecular weight excluding hydrogens is 292 g/mol. The standard InChI is InChI=1S/C19H30O4/c1-3-4-7-14-22-16(2)9-6-5-8-15-23-19(21)17-10-12-18(20)13-11-17/h10-13,16,20H,3-9,14-15H2,1-2H3. The van der Waals surface area contributed by atoms with E-state index in [9.17, 15) is 9.90 Å². The topological polar surface area (TPSA) is 55.8 Å². The first-order chi connectivity index (χ1) is 11.1. The highest BCUT2D eigenvalue weighted by Gasteiger charge is 2.06. The lowest BCUT2D eigenvalue weighted by Gasteiger charge is -2.12. The molecule has 1 N–H and O–H groups in total. The maximum absolute atomic E-state index is 11.7. The molecule has 0 fully saturated rings. The van der Waals surface area contributed by atoms with Gasteiger partial charge in [0.25, 0.3) is 0 Å². The highest BCUT2D eigenvalue weighted by Crippen LogP contribution is 2.11. The van der Waals surface area contributed by atoms with E-state index in [1.807, 2.05) is 0 Å². The van der Waals surface area contributed by atoms with E-state index in [1.165, 1.54) is 25.0 Å². The minimum absolute atomic E-state index is 0.146. The second kappa shape index (κ2) is 11.9. The molecule has 0 aromatic heterocycles. The zero-order chi connectivity index (χ0) is 16.9. The quantitative estimate of drug-likeness (QED) is 0.447. The van der Waals surface area contributed by atoms with Crippen LogP contribution in [0.4, 0.5) is 0 Å². The molecule has 0 aliphatic carbocycles. The van der Waals surface area contributed by atoms with Gasteiger partial charge in [-0.2, -0.15) is 0 Å². The van der Waals surface area contributed by atoms with E-state index in [1.54, 1.807) is 12.1 Å². The van der Waals surface area contributed by atoms with Gasteiger partial charge >= 0.3 is 5.97 Å². The van der Waals surface area contributed by atoms with E-state index in [2.05, 4.69) is 13.8 Å². The van der Waals surface area contributed by atoms with Crippen LogP contribution in [0.1, 0.15) is 69.2 Å². The number of carbonyl (C=O) groups excluding carboxylic acids is 1. The summed E-state index contributed by atoms with van der Waals surface area (Å²) in [5.74, 6) is -0.190. The second-order valence-corrected chi connectivity index (χ2v) is 5.92. The molecule has 1 unspecified atom stereocenters. The van der Waals surface area contributed by atoms with E-state index < -0.39 is 0 Å². The van der Waals surface area contributed by atoms with Crippen molar-refractivity contribution in [3.8, 4) is 5.75 Å². The van der Waals surface area contributed by atoms with Gasteiger partial charge in [-0.1, -0.05) is 26.2 Å². The van der Waals surface area contributed by atoms with Crippen LogP contribution in [0.15, 0.2) is 24.3 Å². The number of phenols is 1. The molecule has 0 aliphatic heterocycles. The molecule has 0 radical (unpaired) electrons. The average molecular weight is 322 g/mol. The Labute approximate surface area is 139 Å². The first kappa shape index (κ1) is 19.5. The molecule has 130 valence electrons. The summed E-state index contributed by atoms with van der Waals surface area (Å²) in [6.07, 6.45) is 7.96. The predicted octanol–water partition coefficient (Wildman–Crippen LogP) is 4.70. The number of benzene rings is 1. The maximum Gasteiger partial charge on any atom is 0.338 e. The van der Waals surface area contributed by atoms with Crippen molar-refractivity contribution >= 4 is 5.97 Å². The van der Waals surface area contributed by atoms with Crippen LogP contribution in [-0.2, 0) is 9.47 Å². The van der Waals surface area contributed by atoms with Gasteiger partial charge in [0, 0.05) is 6.61 Å². The molecule has 1 aromatic carbocycles. The number of aromatic hydroxyl groups is 1. The summed E-state index contributed by atoms with van der Waals surface area (Å²) in [7, 11) is 0. The van der Waals surface area contributed by atoms with Crippen molar-refractivity contribution in [1.29, 1.82) is 0 Å². The SMILES string of the molecule is CCCCCOC(C)CCCCCOC(=O)c1ccc(O)cc1. The number of rotatable bonds is 12. The van der Waals surface area contributed by atoms with E-state index in [4.69, 9.17) is 9.47 Å². The first-order valence-electron chi connectivity index (χ1n) is 8.71. The van der Waals surface area contributed by atoms with Crippen molar-refractivity contribution in [2.45, 2.75) is 64.9 Å². The molecule has 1 aromatic rings. The molecule has 23 heavy (non-hydrogen) atoms. The van der Waals surface area contributed by atoms with Crippen molar-refractivity contribution in [3.63, 3.8) is 0 Å². The van der Waals surface area contributed by atoms with E-state index in [-0.39, 0.29) is 11.7 Å². The third kappa shape index (κ3) is 9.24. The smallest absolute Gasteiger partial charge is 0.338 e. The Hall–Kier alpha value is -1.55. The fourth-order valence-electron chi connectivity index (χ4n) is 2.28. The fraction of sp³-hybridized carbons (Fsp3) is 0.632. The van der Waals surface area contributed by atoms with Crippen LogP contribution >= 0.6 is 0 Å². The molecule has 4 heteroatoms. The summed E-state index contributed by atoms with van der Waals surface area (Å²) in [6.45, 7) is 5.61. The Morgan fingerprint density at radius 1 is 1.04 bits per heavy atom. The predicted molar refractivity (Wildman–Crippen MR) is 91.8 cm³/mol. The maximum atomic E-state index is 11.7. The zero-order valence-corrected chi connectivity index (χ0v) is 14.4. The van der Waals surface area contributed by atoms with Gasteiger partial charge in [-0.05, 0) is 56.9 Å². The average Bonchev–Trinajstić information content (AvgIpc) is 2.55. The number of unbranched alkanes of at least 4 members (excludes halogenated alkanes) is 4. The van der Waals surface area contributed by atoms with Crippen LogP contribution in [0, 0.1) is 0 Å². The summed E-state index contributed by atoms with van der Waals surface area (Å²) in [5, 5.41) is 9.17. The summed E-state index contributed by atoms with van der Waals surface area (Å²) in [5.41, 5.74) is 0.469. The number of phenolic OH excluding ortho intramolecular Hbond substituents is 1. The Morgan fingerprint density at radius 2 is 1.74 bits per heavy atom. The summed E-state index contributed by atoms with van der Waals surface area (Å²) in [4.78, 5) is 11.7. The summed E-state index contributed by atoms with van der Waals surface area (Å²) >= 11 is 0. The van der Waals surface area contributed by atoms with Crippen molar-refractivity contribution in [1.82, 2.24) is 0 Å². The fourth-order valence-corrected chi connectivity index (χ4v) is 2.28. The Balaban J connectivity index is 2.00. The van der Waals surface area contributed by atoms with Gasteiger partial charge in [0.1, 0.15) is 5.75 Å². The zero-order valence-electron chi connectivity index (χ0n) is 14.4. The number of hydrogen-bond acceptors (Lipinski definition) is 4. The van der Waals surface area contributed by atoms with Gasteiger partial charge in [0.05, 0.1) is 18.3 Å². The van der Waals surface area contributed by atoms with Crippen LogP contribution in [0.5, 0.6) is 5.75 Å². The molecule has 1 atom stereocenters. The molecule has 1 rings (SSSR count). The number of carbonyl (C=O) groups is 1. The monoisotopic (exact) mass is 322 g/mol. The Bertz CT molecular complexity index is 428. The highest BCUT2D eigenvalue weighted by molar-refractivity contribution is 5.89. The minimum atomic E-state index is -0.336. The molecule has 0 saturated heterocycles. The Kier molecular flexibility index (Phi) is 10.1. The van der Waals surface area contributed by atoms with Crippen LogP contribution in [-0.4, -0.2) is 30.4 Å². The van der Waals surface area contributed by atoms with Crippen LogP contribution in [0.2, 0.25) is 0 Å². The van der Waals surface area contributed by atoms with Crippen molar-refractivity contribution in [2.24, 2.45) is 0 Å². The van der Waals surface area contributed by atoms with E-state index >= 15 is 0 Å². The van der Waals surface area contributed by atoms with Gasteiger partial charge in [-0.25, -0.2) is 4.79 Å². The number of ether oxygens (including phenoxy) is 2. The van der Waals surface area contributed by atoms with Gasteiger partial charge < -0.3 is 14.6 Å². The molecular formula is C19H30O4.